The van der Waals surface area contributed by atoms with E-state index in [1.54, 1.807) is 6.33 Å². The Kier molecular flexibility index (Phi) is 3.92. The third-order valence-electron chi connectivity index (χ3n) is 3.86. The minimum Gasteiger partial charge on any atom is -0.375 e. The topological polar surface area (TPSA) is 58.2 Å². The minimum absolute atomic E-state index is 0.0921. The van der Waals surface area contributed by atoms with Crippen LogP contribution in [-0.4, -0.2) is 46.1 Å². The molecule has 0 atom stereocenters. The molecule has 21 heavy (non-hydrogen) atoms. The molecule has 0 bridgehead atoms. The fraction of sp³-hybridized carbons (Fsp3) is 0.500. The van der Waals surface area contributed by atoms with Gasteiger partial charge in [0.15, 0.2) is 0 Å². The normalized spacial score (nSPS) is 16.8. The number of nitrogens with zero attached hydrogens (tertiary/aromatic N) is 2. The van der Waals surface area contributed by atoms with Crippen molar-refractivity contribution in [2.45, 2.75) is 38.9 Å². The van der Waals surface area contributed by atoms with E-state index in [-0.39, 0.29) is 18.1 Å². The number of carbonyl (C=O) groups is 1. The number of aromatic amines is 1. The molecule has 1 aromatic heterocycles. The van der Waals surface area contributed by atoms with Crippen LogP contribution in [0.15, 0.2) is 24.5 Å². The number of piperidine rings is 1. The van der Waals surface area contributed by atoms with Gasteiger partial charge in [0.05, 0.1) is 29.6 Å². The molecular weight excluding hydrogens is 266 g/mol. The van der Waals surface area contributed by atoms with Crippen molar-refractivity contribution in [1.29, 1.82) is 0 Å². The highest BCUT2D eigenvalue weighted by molar-refractivity contribution is 5.97. The van der Waals surface area contributed by atoms with Crippen molar-refractivity contribution in [3.8, 4) is 0 Å². The summed E-state index contributed by atoms with van der Waals surface area (Å²) in [5.41, 5.74) is 2.50. The van der Waals surface area contributed by atoms with Gasteiger partial charge in [-0.3, -0.25) is 4.79 Å². The fourth-order valence-electron chi connectivity index (χ4n) is 2.83. The number of H-pyrrole nitrogens is 1. The highest BCUT2D eigenvalue weighted by Crippen LogP contribution is 2.19. The molecule has 0 aliphatic carbocycles. The maximum absolute atomic E-state index is 12.5. The van der Waals surface area contributed by atoms with Crippen LogP contribution in [0.5, 0.6) is 0 Å². The Balaban J connectivity index is 1.66. The first-order chi connectivity index (χ1) is 10.1. The van der Waals surface area contributed by atoms with E-state index >= 15 is 0 Å². The van der Waals surface area contributed by atoms with Crippen LogP contribution in [0.4, 0.5) is 0 Å². The lowest BCUT2D eigenvalue weighted by Crippen LogP contribution is -2.41. The van der Waals surface area contributed by atoms with Crippen LogP contribution in [0.25, 0.3) is 11.0 Å². The quantitative estimate of drug-likeness (QED) is 0.944. The molecule has 1 aromatic carbocycles. The SMILES string of the molecule is CC(C)OC1CCN(C(=O)c2ccc3nc[nH]c3c2)CC1. The van der Waals surface area contributed by atoms with Crippen LogP contribution < -0.4 is 0 Å². The lowest BCUT2D eigenvalue weighted by atomic mass is 10.1. The van der Waals surface area contributed by atoms with Crippen LogP contribution in [0.3, 0.4) is 0 Å². The minimum atomic E-state index is 0.0921. The Bertz CT molecular complexity index is 627. The molecule has 5 nitrogen and oxygen atoms in total. The molecule has 112 valence electrons. The van der Waals surface area contributed by atoms with Gasteiger partial charge in [-0.25, -0.2) is 4.98 Å². The van der Waals surface area contributed by atoms with Gasteiger partial charge >= 0.3 is 0 Å². The third kappa shape index (κ3) is 3.08. The van der Waals surface area contributed by atoms with Crippen molar-refractivity contribution in [2.24, 2.45) is 0 Å². The number of hydrogen-bond acceptors (Lipinski definition) is 3. The van der Waals surface area contributed by atoms with Crippen molar-refractivity contribution in [1.82, 2.24) is 14.9 Å². The average molecular weight is 287 g/mol. The van der Waals surface area contributed by atoms with Gasteiger partial charge < -0.3 is 14.6 Å². The maximum atomic E-state index is 12.5. The number of rotatable bonds is 3. The van der Waals surface area contributed by atoms with E-state index in [0.717, 1.165) is 42.5 Å². The van der Waals surface area contributed by atoms with Gasteiger partial charge in [0, 0.05) is 18.7 Å². The molecule has 0 saturated carbocycles. The Morgan fingerprint density at radius 1 is 1.38 bits per heavy atom. The monoisotopic (exact) mass is 287 g/mol. The lowest BCUT2D eigenvalue weighted by molar-refractivity contribution is -0.0236. The van der Waals surface area contributed by atoms with Crippen LogP contribution in [0.2, 0.25) is 0 Å². The molecule has 1 aliphatic rings. The number of ether oxygens (including phenoxy) is 1. The van der Waals surface area contributed by atoms with Crippen LogP contribution >= 0.6 is 0 Å². The Labute approximate surface area is 124 Å². The Hall–Kier alpha value is -1.88. The van der Waals surface area contributed by atoms with Gasteiger partial charge in [-0.15, -0.1) is 0 Å². The number of amides is 1. The second kappa shape index (κ2) is 5.85. The molecule has 2 aromatic rings. The highest BCUT2D eigenvalue weighted by Gasteiger charge is 2.24. The summed E-state index contributed by atoms with van der Waals surface area (Å²) in [7, 11) is 0. The maximum Gasteiger partial charge on any atom is 0.253 e. The van der Waals surface area contributed by atoms with Crippen molar-refractivity contribution in [3.05, 3.63) is 30.1 Å². The van der Waals surface area contributed by atoms with Crippen molar-refractivity contribution in [2.75, 3.05) is 13.1 Å². The first-order valence-corrected chi connectivity index (χ1v) is 7.51. The predicted octanol–water partition coefficient (Wildman–Crippen LogP) is 2.59. The Morgan fingerprint density at radius 2 is 2.14 bits per heavy atom. The fourth-order valence-corrected chi connectivity index (χ4v) is 2.83. The molecule has 0 radical (unpaired) electrons. The molecular formula is C16H21N3O2. The van der Waals surface area contributed by atoms with Gasteiger partial charge in [0.1, 0.15) is 0 Å². The second-order valence-corrected chi connectivity index (χ2v) is 5.81. The smallest absolute Gasteiger partial charge is 0.253 e. The highest BCUT2D eigenvalue weighted by atomic mass is 16.5. The van der Waals surface area contributed by atoms with Gasteiger partial charge in [0.2, 0.25) is 0 Å². The van der Waals surface area contributed by atoms with E-state index < -0.39 is 0 Å². The summed E-state index contributed by atoms with van der Waals surface area (Å²) in [6.07, 6.45) is 4.00. The number of benzene rings is 1. The largest absolute Gasteiger partial charge is 0.375 e. The molecule has 0 spiro atoms. The predicted molar refractivity (Wildman–Crippen MR) is 81.2 cm³/mol. The van der Waals surface area contributed by atoms with E-state index in [4.69, 9.17) is 4.74 Å². The van der Waals surface area contributed by atoms with Gasteiger partial charge in [-0.05, 0) is 44.9 Å². The summed E-state index contributed by atoms with van der Waals surface area (Å²) in [4.78, 5) is 21.7. The molecule has 3 rings (SSSR count). The summed E-state index contributed by atoms with van der Waals surface area (Å²) >= 11 is 0. The van der Waals surface area contributed by atoms with Crippen molar-refractivity contribution < 1.29 is 9.53 Å². The van der Waals surface area contributed by atoms with E-state index in [2.05, 4.69) is 23.8 Å². The standard InChI is InChI=1S/C16H21N3O2/c1-11(2)21-13-5-7-19(8-6-13)16(20)12-3-4-14-15(9-12)18-10-17-14/h3-4,9-11,13H,5-8H2,1-2H3,(H,17,18). The van der Waals surface area contributed by atoms with Crippen molar-refractivity contribution >= 4 is 16.9 Å². The van der Waals surface area contributed by atoms with Gasteiger partial charge in [0.25, 0.3) is 5.91 Å². The van der Waals surface area contributed by atoms with Crippen LogP contribution in [0.1, 0.15) is 37.0 Å². The van der Waals surface area contributed by atoms with Crippen LogP contribution in [0, 0.1) is 0 Å². The Morgan fingerprint density at radius 3 is 2.86 bits per heavy atom. The van der Waals surface area contributed by atoms with Gasteiger partial charge in [-0.1, -0.05) is 0 Å². The van der Waals surface area contributed by atoms with E-state index in [9.17, 15) is 4.79 Å². The first-order valence-electron chi connectivity index (χ1n) is 7.51. The molecule has 5 heteroatoms. The molecule has 1 aliphatic heterocycles. The molecule has 1 amide bonds. The number of carbonyl (C=O) groups excluding carboxylic acids is 1. The number of fused-ring (bicyclic) bond motifs is 1. The zero-order valence-corrected chi connectivity index (χ0v) is 12.5. The molecule has 1 fully saturated rings. The summed E-state index contributed by atoms with van der Waals surface area (Å²) in [6.45, 7) is 5.63. The number of imidazole rings is 1. The molecule has 0 unspecified atom stereocenters. The summed E-state index contributed by atoms with van der Waals surface area (Å²) in [5.74, 6) is 0.0921. The summed E-state index contributed by atoms with van der Waals surface area (Å²) < 4.78 is 5.82. The zero-order chi connectivity index (χ0) is 14.8. The zero-order valence-electron chi connectivity index (χ0n) is 12.5. The van der Waals surface area contributed by atoms with Crippen molar-refractivity contribution in [3.63, 3.8) is 0 Å². The number of nitrogens with one attached hydrogen (secondary N) is 1. The lowest BCUT2D eigenvalue weighted by Gasteiger charge is -2.32. The van der Waals surface area contributed by atoms with E-state index in [0.29, 0.717) is 0 Å². The van der Waals surface area contributed by atoms with Gasteiger partial charge in [-0.2, -0.15) is 0 Å². The second-order valence-electron chi connectivity index (χ2n) is 5.81. The number of likely N-dealkylation sites (tertiary alicyclic amines) is 1. The molecule has 1 saturated heterocycles. The van der Waals surface area contributed by atoms with E-state index in [1.165, 1.54) is 0 Å². The molecule has 2 heterocycles. The third-order valence-corrected chi connectivity index (χ3v) is 3.86. The molecule has 1 N–H and O–H groups in total. The van der Waals surface area contributed by atoms with Crippen LogP contribution in [-0.2, 0) is 4.74 Å². The number of aromatic nitrogens is 2. The summed E-state index contributed by atoms with van der Waals surface area (Å²) in [6, 6.07) is 5.61. The summed E-state index contributed by atoms with van der Waals surface area (Å²) in [5, 5.41) is 0. The average Bonchev–Trinajstić information content (AvgIpc) is 2.94. The number of hydrogen-bond donors (Lipinski definition) is 1. The van der Waals surface area contributed by atoms with E-state index in [1.807, 2.05) is 23.1 Å². The first kappa shape index (κ1) is 14.1.